The predicted molar refractivity (Wildman–Crippen MR) is 78.6 cm³/mol. The second-order valence-corrected chi connectivity index (χ2v) is 4.79. The molecule has 1 unspecified atom stereocenters. The van der Waals surface area contributed by atoms with E-state index in [2.05, 4.69) is 5.32 Å². The van der Waals surface area contributed by atoms with E-state index in [4.69, 9.17) is 14.2 Å². The Morgan fingerprint density at radius 2 is 1.67 bits per heavy atom. The number of esters is 1. The molecule has 21 heavy (non-hydrogen) atoms. The van der Waals surface area contributed by atoms with Gasteiger partial charge >= 0.3 is 5.97 Å². The largest absolute Gasteiger partial charge is 0.493 e. The molecule has 1 rings (SSSR count). The lowest BCUT2D eigenvalue weighted by molar-refractivity contribution is -0.156. The summed E-state index contributed by atoms with van der Waals surface area (Å²) in [6.45, 7) is 4.94. The number of rotatable bonds is 6. The van der Waals surface area contributed by atoms with Gasteiger partial charge in [0.25, 0.3) is 5.91 Å². The lowest BCUT2D eigenvalue weighted by Crippen LogP contribution is -2.31. The predicted octanol–water partition coefficient (Wildman–Crippen LogP) is 2.23. The number of hydrogen-bond acceptors (Lipinski definition) is 5. The molecule has 0 heterocycles. The summed E-state index contributed by atoms with van der Waals surface area (Å²) in [6, 6.07) is 4.99. The van der Waals surface area contributed by atoms with Crippen molar-refractivity contribution in [2.45, 2.75) is 26.9 Å². The molecular formula is C15H21NO5. The number of carbonyl (C=O) groups is 2. The molecular weight excluding hydrogens is 274 g/mol. The zero-order chi connectivity index (χ0) is 16.0. The number of amides is 1. The van der Waals surface area contributed by atoms with Gasteiger partial charge < -0.3 is 19.5 Å². The Morgan fingerprint density at radius 3 is 2.19 bits per heavy atom. The molecule has 1 amide bonds. The molecule has 0 aromatic heterocycles. The van der Waals surface area contributed by atoms with Gasteiger partial charge in [-0.05, 0) is 19.1 Å². The molecule has 1 atom stereocenters. The number of nitrogens with one attached hydrogen (secondary N) is 1. The maximum absolute atomic E-state index is 12.0. The van der Waals surface area contributed by atoms with Gasteiger partial charge in [0, 0.05) is 11.8 Å². The van der Waals surface area contributed by atoms with Crippen LogP contribution >= 0.6 is 0 Å². The number of carbonyl (C=O) groups excluding carboxylic acids is 2. The van der Waals surface area contributed by atoms with Gasteiger partial charge in [0.15, 0.2) is 17.6 Å². The van der Waals surface area contributed by atoms with Crippen molar-refractivity contribution < 1.29 is 23.8 Å². The van der Waals surface area contributed by atoms with Crippen molar-refractivity contribution in [1.82, 2.24) is 0 Å². The molecule has 1 N–H and O–H groups in total. The second kappa shape index (κ2) is 7.52. The van der Waals surface area contributed by atoms with Crippen molar-refractivity contribution in [1.29, 1.82) is 0 Å². The summed E-state index contributed by atoms with van der Waals surface area (Å²) in [7, 11) is 3.04. The average molecular weight is 295 g/mol. The molecule has 0 saturated carbocycles. The minimum atomic E-state index is -0.868. The number of ether oxygens (including phenoxy) is 3. The van der Waals surface area contributed by atoms with Gasteiger partial charge in [-0.25, -0.2) is 0 Å². The van der Waals surface area contributed by atoms with Crippen LogP contribution in [0.15, 0.2) is 18.2 Å². The Kier molecular flexibility index (Phi) is 6.02. The molecule has 1 aromatic carbocycles. The first-order valence-corrected chi connectivity index (χ1v) is 6.62. The van der Waals surface area contributed by atoms with Crippen LogP contribution in [-0.2, 0) is 14.3 Å². The first kappa shape index (κ1) is 16.8. The molecule has 0 fully saturated rings. The monoisotopic (exact) mass is 295 g/mol. The third-order valence-electron chi connectivity index (χ3n) is 2.78. The van der Waals surface area contributed by atoms with Gasteiger partial charge in [-0.1, -0.05) is 13.8 Å². The third-order valence-corrected chi connectivity index (χ3v) is 2.78. The van der Waals surface area contributed by atoms with E-state index in [1.165, 1.54) is 21.1 Å². The summed E-state index contributed by atoms with van der Waals surface area (Å²) in [6.07, 6.45) is -0.868. The van der Waals surface area contributed by atoms with Gasteiger partial charge in [-0.2, -0.15) is 0 Å². The number of hydrogen-bond donors (Lipinski definition) is 1. The van der Waals surface area contributed by atoms with E-state index in [1.54, 1.807) is 32.0 Å². The number of methoxy groups -OCH3 is 2. The van der Waals surface area contributed by atoms with Crippen LogP contribution in [-0.4, -0.2) is 32.2 Å². The van der Waals surface area contributed by atoms with Gasteiger partial charge in [0.1, 0.15) is 0 Å². The van der Waals surface area contributed by atoms with Gasteiger partial charge in [0.05, 0.1) is 20.1 Å². The highest BCUT2D eigenvalue weighted by atomic mass is 16.5. The van der Waals surface area contributed by atoms with Crippen molar-refractivity contribution in [2.24, 2.45) is 5.92 Å². The van der Waals surface area contributed by atoms with Crippen LogP contribution in [0, 0.1) is 5.92 Å². The summed E-state index contributed by atoms with van der Waals surface area (Å²) < 4.78 is 15.3. The minimum absolute atomic E-state index is 0.277. The fraction of sp³-hybridized carbons (Fsp3) is 0.467. The maximum atomic E-state index is 12.0. The van der Waals surface area contributed by atoms with Crippen molar-refractivity contribution in [3.63, 3.8) is 0 Å². The molecule has 1 aromatic rings. The molecule has 0 aliphatic carbocycles. The van der Waals surface area contributed by atoms with Crippen LogP contribution < -0.4 is 14.8 Å². The van der Waals surface area contributed by atoms with Crippen LogP contribution in [0.5, 0.6) is 11.5 Å². The lowest BCUT2D eigenvalue weighted by atomic mass is 10.2. The molecule has 6 heteroatoms. The van der Waals surface area contributed by atoms with Crippen LogP contribution in [0.2, 0.25) is 0 Å². The van der Waals surface area contributed by atoms with E-state index >= 15 is 0 Å². The summed E-state index contributed by atoms with van der Waals surface area (Å²) in [5.74, 6) is -0.0283. The Balaban J connectivity index is 2.72. The normalized spacial score (nSPS) is 11.7. The highest BCUT2D eigenvalue weighted by Crippen LogP contribution is 2.29. The highest BCUT2D eigenvalue weighted by Gasteiger charge is 2.20. The molecule has 0 radical (unpaired) electrons. The van der Waals surface area contributed by atoms with E-state index in [1.807, 2.05) is 0 Å². The quantitative estimate of drug-likeness (QED) is 0.815. The topological polar surface area (TPSA) is 73.9 Å². The molecule has 0 saturated heterocycles. The third kappa shape index (κ3) is 4.66. The maximum Gasteiger partial charge on any atom is 0.309 e. The van der Waals surface area contributed by atoms with Crippen molar-refractivity contribution >= 4 is 17.6 Å². The molecule has 116 valence electrons. The summed E-state index contributed by atoms with van der Waals surface area (Å²) in [5, 5.41) is 2.66. The number of anilines is 1. The van der Waals surface area contributed by atoms with Crippen molar-refractivity contribution in [3.05, 3.63) is 18.2 Å². The average Bonchev–Trinajstić information content (AvgIpc) is 2.46. The Morgan fingerprint density at radius 1 is 1.05 bits per heavy atom. The smallest absolute Gasteiger partial charge is 0.309 e. The highest BCUT2D eigenvalue weighted by molar-refractivity contribution is 5.95. The minimum Gasteiger partial charge on any atom is -0.493 e. The molecule has 6 nitrogen and oxygen atoms in total. The van der Waals surface area contributed by atoms with Gasteiger partial charge in [-0.15, -0.1) is 0 Å². The molecule has 0 aliphatic heterocycles. The standard InChI is InChI=1S/C15H21NO5/c1-9(2)15(18)21-10(3)14(17)16-11-6-7-12(19-4)13(8-11)20-5/h6-10H,1-5H3,(H,16,17). The summed E-state index contributed by atoms with van der Waals surface area (Å²) >= 11 is 0. The van der Waals surface area contributed by atoms with E-state index in [9.17, 15) is 9.59 Å². The SMILES string of the molecule is COc1ccc(NC(=O)C(C)OC(=O)C(C)C)cc1OC. The Bertz CT molecular complexity index is 513. The van der Waals surface area contributed by atoms with Crippen LogP contribution in [0.1, 0.15) is 20.8 Å². The lowest BCUT2D eigenvalue weighted by Gasteiger charge is -2.15. The Labute approximate surface area is 124 Å². The second-order valence-electron chi connectivity index (χ2n) is 4.79. The van der Waals surface area contributed by atoms with Gasteiger partial charge in [-0.3, -0.25) is 9.59 Å². The van der Waals surface area contributed by atoms with Crippen LogP contribution in [0.4, 0.5) is 5.69 Å². The van der Waals surface area contributed by atoms with E-state index < -0.39 is 18.0 Å². The van der Waals surface area contributed by atoms with Crippen LogP contribution in [0.3, 0.4) is 0 Å². The van der Waals surface area contributed by atoms with Gasteiger partial charge in [0.2, 0.25) is 0 Å². The van der Waals surface area contributed by atoms with Crippen molar-refractivity contribution in [2.75, 3.05) is 19.5 Å². The summed E-state index contributed by atoms with van der Waals surface area (Å²) in [4.78, 5) is 23.4. The van der Waals surface area contributed by atoms with E-state index in [0.717, 1.165) is 0 Å². The van der Waals surface area contributed by atoms with Crippen molar-refractivity contribution in [3.8, 4) is 11.5 Å². The fourth-order valence-corrected chi connectivity index (χ4v) is 1.52. The van der Waals surface area contributed by atoms with Crippen LogP contribution in [0.25, 0.3) is 0 Å². The zero-order valence-electron chi connectivity index (χ0n) is 12.9. The Hall–Kier alpha value is -2.24. The zero-order valence-corrected chi connectivity index (χ0v) is 12.9. The molecule has 0 bridgehead atoms. The number of benzene rings is 1. The fourth-order valence-electron chi connectivity index (χ4n) is 1.52. The van der Waals surface area contributed by atoms with E-state index in [-0.39, 0.29) is 5.92 Å². The van der Waals surface area contributed by atoms with E-state index in [0.29, 0.717) is 17.2 Å². The first-order chi connectivity index (χ1) is 9.88. The molecule has 0 spiro atoms. The first-order valence-electron chi connectivity index (χ1n) is 6.62. The molecule has 0 aliphatic rings. The summed E-state index contributed by atoms with van der Waals surface area (Å²) in [5.41, 5.74) is 0.532.